The summed E-state index contributed by atoms with van der Waals surface area (Å²) in [5, 5.41) is 0. The lowest BCUT2D eigenvalue weighted by Crippen LogP contribution is -2.51. The highest BCUT2D eigenvalue weighted by Crippen LogP contribution is 2.16. The van der Waals surface area contributed by atoms with Gasteiger partial charge in [-0.15, -0.1) is 0 Å². The largest absolute Gasteiger partial charge is 0.444 e. The Morgan fingerprint density at radius 1 is 1.13 bits per heavy atom. The van der Waals surface area contributed by atoms with E-state index in [1.165, 1.54) is 17.0 Å². The van der Waals surface area contributed by atoms with E-state index in [4.69, 9.17) is 10.5 Å². The zero-order valence-corrected chi connectivity index (χ0v) is 13.6. The number of nitrogens with two attached hydrogens (primary N) is 1. The minimum atomic E-state index is -0.635. The number of anilines is 1. The lowest BCUT2D eigenvalue weighted by molar-refractivity contribution is 0.0140. The van der Waals surface area contributed by atoms with Crippen molar-refractivity contribution in [3.63, 3.8) is 0 Å². The van der Waals surface area contributed by atoms with Crippen molar-refractivity contribution in [3.8, 4) is 0 Å². The molecule has 0 unspecified atom stereocenters. The molecule has 6 nitrogen and oxygen atoms in total. The number of nitrogens with zero attached hydrogens (tertiary/aromatic N) is 2. The Bertz CT molecular complexity index is 605. The van der Waals surface area contributed by atoms with Crippen LogP contribution in [0.25, 0.3) is 0 Å². The van der Waals surface area contributed by atoms with Crippen molar-refractivity contribution < 1.29 is 18.7 Å². The summed E-state index contributed by atoms with van der Waals surface area (Å²) in [7, 11) is 0. The van der Waals surface area contributed by atoms with Gasteiger partial charge >= 0.3 is 6.09 Å². The molecule has 2 amide bonds. The van der Waals surface area contributed by atoms with Gasteiger partial charge in [0.15, 0.2) is 0 Å². The van der Waals surface area contributed by atoms with Crippen LogP contribution in [0.1, 0.15) is 31.1 Å². The van der Waals surface area contributed by atoms with Crippen LogP contribution in [0, 0.1) is 5.82 Å². The fourth-order valence-electron chi connectivity index (χ4n) is 2.29. The number of hydrogen-bond acceptors (Lipinski definition) is 4. The zero-order chi connectivity index (χ0) is 17.2. The molecule has 23 heavy (non-hydrogen) atoms. The van der Waals surface area contributed by atoms with Gasteiger partial charge < -0.3 is 20.3 Å². The topological polar surface area (TPSA) is 75.9 Å². The van der Waals surface area contributed by atoms with Crippen molar-refractivity contribution in [3.05, 3.63) is 29.6 Å². The van der Waals surface area contributed by atoms with Gasteiger partial charge in [0.1, 0.15) is 11.4 Å². The van der Waals surface area contributed by atoms with Gasteiger partial charge in [-0.25, -0.2) is 9.18 Å². The van der Waals surface area contributed by atoms with Crippen LogP contribution in [0.15, 0.2) is 18.2 Å². The van der Waals surface area contributed by atoms with Crippen LogP contribution in [-0.2, 0) is 4.74 Å². The Hall–Kier alpha value is -2.31. The Labute approximate surface area is 135 Å². The number of carbonyl (C=O) groups excluding carboxylic acids is 2. The van der Waals surface area contributed by atoms with E-state index in [1.807, 2.05) is 0 Å². The third-order valence-corrected chi connectivity index (χ3v) is 3.44. The van der Waals surface area contributed by atoms with E-state index >= 15 is 0 Å². The quantitative estimate of drug-likeness (QED) is 0.803. The number of halogens is 1. The van der Waals surface area contributed by atoms with Gasteiger partial charge in [-0.1, -0.05) is 0 Å². The predicted molar refractivity (Wildman–Crippen MR) is 84.5 cm³/mol. The van der Waals surface area contributed by atoms with Crippen molar-refractivity contribution in [1.82, 2.24) is 9.80 Å². The number of piperazine rings is 1. The van der Waals surface area contributed by atoms with E-state index in [0.29, 0.717) is 26.2 Å². The van der Waals surface area contributed by atoms with Crippen LogP contribution in [0.2, 0.25) is 0 Å². The number of benzene rings is 1. The minimum Gasteiger partial charge on any atom is -0.444 e. The Balaban J connectivity index is 1.96. The summed E-state index contributed by atoms with van der Waals surface area (Å²) < 4.78 is 19.1. The highest BCUT2D eigenvalue weighted by atomic mass is 19.1. The molecule has 126 valence electrons. The number of hydrogen-bond donors (Lipinski definition) is 1. The molecule has 0 aliphatic carbocycles. The molecule has 0 atom stereocenters. The first kappa shape index (κ1) is 17.1. The molecule has 1 heterocycles. The van der Waals surface area contributed by atoms with Crippen molar-refractivity contribution in [1.29, 1.82) is 0 Å². The Kier molecular flexibility index (Phi) is 4.77. The number of carbonyl (C=O) groups is 2. The summed E-state index contributed by atoms with van der Waals surface area (Å²) in [6.45, 7) is 6.79. The number of nitrogen functional groups attached to an aromatic ring is 1. The standard InChI is InChI=1S/C16H22FN3O3/c1-16(2,3)23-15(22)20-8-6-19(7-9-20)14(21)12-5-4-11(18)10-13(12)17/h4-5,10H,6-9,18H2,1-3H3. The summed E-state index contributed by atoms with van der Waals surface area (Å²) in [6.07, 6.45) is -0.400. The van der Waals surface area contributed by atoms with Crippen LogP contribution >= 0.6 is 0 Å². The van der Waals surface area contributed by atoms with Crippen LogP contribution in [0.4, 0.5) is 14.9 Å². The van der Waals surface area contributed by atoms with Gasteiger partial charge in [-0.2, -0.15) is 0 Å². The highest BCUT2D eigenvalue weighted by Gasteiger charge is 2.28. The molecular formula is C16H22FN3O3. The van der Waals surface area contributed by atoms with Gasteiger partial charge in [0.05, 0.1) is 5.56 Å². The van der Waals surface area contributed by atoms with Crippen LogP contribution in [0.3, 0.4) is 0 Å². The molecule has 1 aromatic carbocycles. The predicted octanol–water partition coefficient (Wildman–Crippen LogP) is 2.10. The van der Waals surface area contributed by atoms with Crippen molar-refractivity contribution in [2.75, 3.05) is 31.9 Å². The molecule has 0 radical (unpaired) electrons. The second kappa shape index (κ2) is 6.44. The SMILES string of the molecule is CC(C)(C)OC(=O)N1CCN(C(=O)c2ccc(N)cc2F)CC1. The lowest BCUT2D eigenvalue weighted by atomic mass is 10.1. The molecule has 2 rings (SSSR count). The maximum atomic E-state index is 13.8. The molecule has 0 spiro atoms. The van der Waals surface area contributed by atoms with Gasteiger partial charge in [0, 0.05) is 31.9 Å². The van der Waals surface area contributed by atoms with Crippen LogP contribution in [-0.4, -0.2) is 53.6 Å². The maximum absolute atomic E-state index is 13.8. The summed E-state index contributed by atoms with van der Waals surface area (Å²) in [5.74, 6) is -1.03. The van der Waals surface area contributed by atoms with E-state index in [1.54, 1.807) is 25.7 Å². The average molecular weight is 323 g/mol. The van der Waals surface area contributed by atoms with E-state index in [9.17, 15) is 14.0 Å². The molecule has 1 saturated heterocycles. The van der Waals surface area contributed by atoms with Gasteiger partial charge in [0.25, 0.3) is 5.91 Å². The third kappa shape index (κ3) is 4.34. The zero-order valence-electron chi connectivity index (χ0n) is 13.6. The molecule has 1 aliphatic rings. The molecule has 1 aliphatic heterocycles. The Morgan fingerprint density at radius 2 is 1.70 bits per heavy atom. The fourth-order valence-corrected chi connectivity index (χ4v) is 2.29. The molecule has 0 saturated carbocycles. The maximum Gasteiger partial charge on any atom is 0.410 e. The van der Waals surface area contributed by atoms with Crippen molar-refractivity contribution in [2.45, 2.75) is 26.4 Å². The monoisotopic (exact) mass is 323 g/mol. The first-order valence-corrected chi connectivity index (χ1v) is 7.49. The fraction of sp³-hybridized carbons (Fsp3) is 0.500. The highest BCUT2D eigenvalue weighted by molar-refractivity contribution is 5.95. The average Bonchev–Trinajstić information content (AvgIpc) is 2.45. The molecule has 1 fully saturated rings. The minimum absolute atomic E-state index is 0.00934. The second-order valence-electron chi connectivity index (χ2n) is 6.50. The van der Waals surface area contributed by atoms with Crippen molar-refractivity contribution >= 4 is 17.7 Å². The molecule has 7 heteroatoms. The smallest absolute Gasteiger partial charge is 0.410 e. The molecule has 0 bridgehead atoms. The van der Waals surface area contributed by atoms with E-state index < -0.39 is 23.4 Å². The number of ether oxygens (including phenoxy) is 1. The Morgan fingerprint density at radius 3 is 2.22 bits per heavy atom. The van der Waals surface area contributed by atoms with Crippen molar-refractivity contribution in [2.24, 2.45) is 0 Å². The summed E-state index contributed by atoms with van der Waals surface area (Å²) in [5.41, 5.74) is 5.19. The first-order valence-electron chi connectivity index (χ1n) is 7.49. The normalized spacial score (nSPS) is 15.5. The van der Waals surface area contributed by atoms with Crippen LogP contribution < -0.4 is 5.73 Å². The van der Waals surface area contributed by atoms with Crippen LogP contribution in [0.5, 0.6) is 0 Å². The number of amides is 2. The van der Waals surface area contributed by atoms with E-state index in [2.05, 4.69) is 0 Å². The lowest BCUT2D eigenvalue weighted by Gasteiger charge is -2.35. The first-order chi connectivity index (χ1) is 10.7. The summed E-state index contributed by atoms with van der Waals surface area (Å²) in [4.78, 5) is 27.4. The van der Waals surface area contributed by atoms with E-state index in [-0.39, 0.29) is 11.3 Å². The molecule has 2 N–H and O–H groups in total. The van der Waals surface area contributed by atoms with Gasteiger partial charge in [-0.05, 0) is 39.0 Å². The van der Waals surface area contributed by atoms with Gasteiger partial charge in [-0.3, -0.25) is 4.79 Å². The molecular weight excluding hydrogens is 301 g/mol. The summed E-state index contributed by atoms with van der Waals surface area (Å²) >= 11 is 0. The summed E-state index contributed by atoms with van der Waals surface area (Å²) in [6, 6.07) is 4.00. The number of rotatable bonds is 1. The molecule has 0 aromatic heterocycles. The molecule has 1 aromatic rings. The third-order valence-electron chi connectivity index (χ3n) is 3.44. The van der Waals surface area contributed by atoms with Gasteiger partial charge in [0.2, 0.25) is 0 Å². The second-order valence-corrected chi connectivity index (χ2v) is 6.50. The van der Waals surface area contributed by atoms with E-state index in [0.717, 1.165) is 6.07 Å².